The lowest BCUT2D eigenvalue weighted by molar-refractivity contribution is -0.138. The highest BCUT2D eigenvalue weighted by Crippen LogP contribution is 2.30. The van der Waals surface area contributed by atoms with Crippen LogP contribution in [0.4, 0.5) is 0 Å². The normalized spacial score (nSPS) is 20.7. The van der Waals surface area contributed by atoms with Crippen molar-refractivity contribution in [1.29, 1.82) is 0 Å². The van der Waals surface area contributed by atoms with Crippen molar-refractivity contribution in [2.75, 3.05) is 0 Å². The Labute approximate surface area is 89.6 Å². The van der Waals surface area contributed by atoms with E-state index < -0.39 is 0 Å². The van der Waals surface area contributed by atoms with Crippen molar-refractivity contribution >= 4 is 11.5 Å². The van der Waals surface area contributed by atoms with Crippen LogP contribution in [0.1, 0.15) is 25.0 Å². The standard InChI is InChI=1S/C13H14O2/c1-8-4-6-11(7-5-8)12-9(2)13(14)15-10(12)3/h4-7,10H,1-3H3/t10-/m1/s1. The summed E-state index contributed by atoms with van der Waals surface area (Å²) >= 11 is 0. The minimum Gasteiger partial charge on any atom is -0.454 e. The number of cyclic esters (lactones) is 1. The molecule has 2 rings (SSSR count). The molecule has 0 spiro atoms. The molecule has 0 saturated heterocycles. The SMILES string of the molecule is CC1=C(c2ccc(C)cc2)[C@@H](C)OC1=O. The molecule has 78 valence electrons. The van der Waals surface area contributed by atoms with E-state index in [4.69, 9.17) is 4.74 Å². The maximum absolute atomic E-state index is 11.4. The van der Waals surface area contributed by atoms with Gasteiger partial charge in [-0.05, 0) is 26.3 Å². The smallest absolute Gasteiger partial charge is 0.334 e. The maximum atomic E-state index is 11.4. The fourth-order valence-electron chi connectivity index (χ4n) is 1.91. The van der Waals surface area contributed by atoms with Crippen LogP contribution in [-0.2, 0) is 9.53 Å². The molecule has 1 atom stereocenters. The van der Waals surface area contributed by atoms with Gasteiger partial charge in [0.15, 0.2) is 0 Å². The highest BCUT2D eigenvalue weighted by atomic mass is 16.5. The first-order chi connectivity index (χ1) is 7.09. The summed E-state index contributed by atoms with van der Waals surface area (Å²) in [6, 6.07) is 8.16. The monoisotopic (exact) mass is 202 g/mol. The van der Waals surface area contributed by atoms with E-state index in [0.29, 0.717) is 0 Å². The zero-order valence-corrected chi connectivity index (χ0v) is 9.20. The second kappa shape index (κ2) is 3.54. The highest BCUT2D eigenvalue weighted by molar-refractivity contribution is 6.02. The summed E-state index contributed by atoms with van der Waals surface area (Å²) in [4.78, 5) is 11.4. The number of rotatable bonds is 1. The predicted octanol–water partition coefficient (Wildman–Crippen LogP) is 2.71. The summed E-state index contributed by atoms with van der Waals surface area (Å²) in [7, 11) is 0. The van der Waals surface area contributed by atoms with Gasteiger partial charge in [-0.15, -0.1) is 0 Å². The first kappa shape index (κ1) is 9.97. The summed E-state index contributed by atoms with van der Waals surface area (Å²) < 4.78 is 5.16. The fourth-order valence-corrected chi connectivity index (χ4v) is 1.91. The van der Waals surface area contributed by atoms with Crippen LogP contribution in [0.15, 0.2) is 29.8 Å². The molecule has 0 saturated carbocycles. The Morgan fingerprint density at radius 2 is 1.73 bits per heavy atom. The van der Waals surface area contributed by atoms with Gasteiger partial charge in [0.2, 0.25) is 0 Å². The minimum absolute atomic E-state index is 0.125. The van der Waals surface area contributed by atoms with Crippen molar-refractivity contribution in [3.63, 3.8) is 0 Å². The second-order valence-electron chi connectivity index (χ2n) is 3.95. The van der Waals surface area contributed by atoms with Crippen molar-refractivity contribution in [3.8, 4) is 0 Å². The number of carbonyl (C=O) groups excluding carboxylic acids is 1. The van der Waals surface area contributed by atoms with Gasteiger partial charge in [-0.25, -0.2) is 4.79 Å². The molecule has 1 heterocycles. The van der Waals surface area contributed by atoms with Gasteiger partial charge in [0.25, 0.3) is 0 Å². The topological polar surface area (TPSA) is 26.3 Å². The molecule has 0 radical (unpaired) electrons. The number of carbonyl (C=O) groups is 1. The van der Waals surface area contributed by atoms with Gasteiger partial charge in [-0.1, -0.05) is 29.8 Å². The van der Waals surface area contributed by atoms with Gasteiger partial charge in [0.1, 0.15) is 6.10 Å². The van der Waals surface area contributed by atoms with Crippen LogP contribution in [0.3, 0.4) is 0 Å². The summed E-state index contributed by atoms with van der Waals surface area (Å²) in [5, 5.41) is 0. The summed E-state index contributed by atoms with van der Waals surface area (Å²) in [5.74, 6) is -0.196. The molecule has 1 aromatic rings. The zero-order valence-electron chi connectivity index (χ0n) is 9.20. The van der Waals surface area contributed by atoms with Crippen LogP contribution in [0, 0.1) is 6.92 Å². The molecule has 2 heteroatoms. The molecular weight excluding hydrogens is 188 g/mol. The van der Waals surface area contributed by atoms with Crippen molar-refractivity contribution in [2.24, 2.45) is 0 Å². The number of ether oxygens (including phenoxy) is 1. The van der Waals surface area contributed by atoms with Gasteiger partial charge >= 0.3 is 5.97 Å². The Morgan fingerprint density at radius 1 is 1.13 bits per heavy atom. The Morgan fingerprint density at radius 3 is 2.20 bits per heavy atom. The molecule has 1 aliphatic heterocycles. The molecule has 0 aromatic heterocycles. The third-order valence-corrected chi connectivity index (χ3v) is 2.76. The molecular formula is C13H14O2. The lowest BCUT2D eigenvalue weighted by Gasteiger charge is -2.08. The molecule has 0 unspecified atom stereocenters. The molecule has 0 aliphatic carbocycles. The Hall–Kier alpha value is -1.57. The number of aryl methyl sites for hydroxylation is 1. The Kier molecular flexibility index (Phi) is 2.35. The zero-order chi connectivity index (χ0) is 11.0. The molecule has 2 nitrogen and oxygen atoms in total. The highest BCUT2D eigenvalue weighted by Gasteiger charge is 2.28. The molecule has 0 N–H and O–H groups in total. The van der Waals surface area contributed by atoms with E-state index in [1.165, 1.54) is 5.56 Å². The molecule has 15 heavy (non-hydrogen) atoms. The molecule has 0 amide bonds. The Balaban J connectivity index is 2.47. The van der Waals surface area contributed by atoms with Crippen LogP contribution in [0.2, 0.25) is 0 Å². The lowest BCUT2D eigenvalue weighted by Crippen LogP contribution is -2.05. The number of benzene rings is 1. The minimum atomic E-state index is -0.196. The van der Waals surface area contributed by atoms with Crippen molar-refractivity contribution in [3.05, 3.63) is 41.0 Å². The molecule has 0 fully saturated rings. The van der Waals surface area contributed by atoms with E-state index in [0.717, 1.165) is 16.7 Å². The van der Waals surface area contributed by atoms with Gasteiger partial charge in [0, 0.05) is 11.1 Å². The molecule has 1 aliphatic rings. The third-order valence-electron chi connectivity index (χ3n) is 2.76. The van der Waals surface area contributed by atoms with Crippen molar-refractivity contribution in [2.45, 2.75) is 26.9 Å². The van der Waals surface area contributed by atoms with Gasteiger partial charge in [0.05, 0.1) is 0 Å². The molecule has 1 aromatic carbocycles. The quantitative estimate of drug-likeness (QED) is 0.654. The summed E-state index contributed by atoms with van der Waals surface area (Å²) in [6.45, 7) is 5.77. The van der Waals surface area contributed by atoms with Crippen LogP contribution < -0.4 is 0 Å². The largest absolute Gasteiger partial charge is 0.454 e. The van der Waals surface area contributed by atoms with Crippen LogP contribution in [0.5, 0.6) is 0 Å². The fraction of sp³-hybridized carbons (Fsp3) is 0.308. The van der Waals surface area contributed by atoms with Crippen LogP contribution >= 0.6 is 0 Å². The number of hydrogen-bond donors (Lipinski definition) is 0. The average Bonchev–Trinajstić information content (AvgIpc) is 2.44. The van der Waals surface area contributed by atoms with Crippen LogP contribution in [-0.4, -0.2) is 12.1 Å². The number of hydrogen-bond acceptors (Lipinski definition) is 2. The van der Waals surface area contributed by atoms with Gasteiger partial charge in [-0.3, -0.25) is 0 Å². The van der Waals surface area contributed by atoms with Crippen molar-refractivity contribution < 1.29 is 9.53 Å². The number of esters is 1. The van der Waals surface area contributed by atoms with E-state index in [2.05, 4.69) is 0 Å². The average molecular weight is 202 g/mol. The first-order valence-electron chi connectivity index (χ1n) is 5.08. The maximum Gasteiger partial charge on any atom is 0.334 e. The third kappa shape index (κ3) is 1.67. The van der Waals surface area contributed by atoms with E-state index in [9.17, 15) is 4.79 Å². The summed E-state index contributed by atoms with van der Waals surface area (Å²) in [6.07, 6.45) is -0.125. The van der Waals surface area contributed by atoms with Crippen molar-refractivity contribution in [1.82, 2.24) is 0 Å². The molecule has 0 bridgehead atoms. The van der Waals surface area contributed by atoms with E-state index in [1.807, 2.05) is 45.0 Å². The van der Waals surface area contributed by atoms with E-state index in [1.54, 1.807) is 0 Å². The predicted molar refractivity (Wildman–Crippen MR) is 59.3 cm³/mol. The first-order valence-corrected chi connectivity index (χ1v) is 5.08. The van der Waals surface area contributed by atoms with E-state index >= 15 is 0 Å². The summed E-state index contributed by atoms with van der Waals surface area (Å²) in [5.41, 5.74) is 4.04. The van der Waals surface area contributed by atoms with Crippen LogP contribution in [0.25, 0.3) is 5.57 Å². The second-order valence-corrected chi connectivity index (χ2v) is 3.95. The van der Waals surface area contributed by atoms with Gasteiger partial charge < -0.3 is 4.74 Å². The van der Waals surface area contributed by atoms with E-state index in [-0.39, 0.29) is 12.1 Å². The lowest BCUT2D eigenvalue weighted by atomic mass is 9.98. The Bertz CT molecular complexity index is 426. The van der Waals surface area contributed by atoms with Gasteiger partial charge in [-0.2, -0.15) is 0 Å².